The van der Waals surface area contributed by atoms with Crippen LogP contribution in [0.4, 0.5) is 4.79 Å². The van der Waals surface area contributed by atoms with Crippen LogP contribution in [0.3, 0.4) is 0 Å². The second-order valence-electron chi connectivity index (χ2n) is 8.34. The van der Waals surface area contributed by atoms with E-state index in [1.807, 2.05) is 63.2 Å². The van der Waals surface area contributed by atoms with Crippen LogP contribution in [0.1, 0.15) is 56.7 Å². The van der Waals surface area contributed by atoms with Gasteiger partial charge < -0.3 is 9.26 Å². The first-order valence-electron chi connectivity index (χ1n) is 10.3. The second-order valence-corrected chi connectivity index (χ2v) is 8.34. The summed E-state index contributed by atoms with van der Waals surface area (Å²) in [6.07, 6.45) is 2.93. The highest BCUT2D eigenvalue weighted by Crippen LogP contribution is 2.33. The van der Waals surface area contributed by atoms with Gasteiger partial charge in [0.05, 0.1) is 0 Å². The van der Waals surface area contributed by atoms with E-state index in [1.54, 1.807) is 11.1 Å². The Labute approximate surface area is 181 Å². The number of rotatable bonds is 2. The van der Waals surface area contributed by atoms with Crippen LogP contribution < -0.4 is 0 Å². The summed E-state index contributed by atoms with van der Waals surface area (Å²) in [6.45, 7) is 6.14. The van der Waals surface area contributed by atoms with E-state index in [4.69, 9.17) is 9.26 Å². The Morgan fingerprint density at radius 3 is 2.61 bits per heavy atom. The van der Waals surface area contributed by atoms with Gasteiger partial charge in [0, 0.05) is 23.9 Å². The first-order valence-corrected chi connectivity index (χ1v) is 10.3. The minimum Gasteiger partial charge on any atom is -0.444 e. The van der Waals surface area contributed by atoms with E-state index in [9.17, 15) is 4.79 Å². The number of nitrogens with zero attached hydrogens (tertiary/aromatic N) is 4. The molecule has 4 rings (SSSR count). The van der Waals surface area contributed by atoms with Gasteiger partial charge in [-0.2, -0.15) is 4.98 Å². The third-order valence-electron chi connectivity index (χ3n) is 4.73. The maximum absolute atomic E-state index is 12.5. The molecule has 3 aromatic rings. The highest BCUT2D eigenvalue weighted by Gasteiger charge is 2.36. The van der Waals surface area contributed by atoms with Crippen LogP contribution in [0.5, 0.6) is 0 Å². The lowest BCUT2D eigenvalue weighted by atomic mass is 10.2. The number of ether oxygens (including phenoxy) is 1. The number of hydrogen-bond acceptors (Lipinski definition) is 6. The average Bonchev–Trinajstić information content (AvgIpc) is 3.42. The molecular formula is C24H24N4O3. The minimum absolute atomic E-state index is 0.285. The Hall–Kier alpha value is -3.66. The first kappa shape index (κ1) is 20.6. The highest BCUT2D eigenvalue weighted by molar-refractivity contribution is 5.69. The molecule has 1 saturated heterocycles. The Bertz CT molecular complexity index is 1110. The first-order chi connectivity index (χ1) is 14.9. The van der Waals surface area contributed by atoms with E-state index < -0.39 is 5.60 Å². The van der Waals surface area contributed by atoms with Crippen molar-refractivity contribution in [2.75, 3.05) is 6.54 Å². The maximum Gasteiger partial charge on any atom is 0.410 e. The lowest BCUT2D eigenvalue weighted by molar-refractivity contribution is 0.0199. The standard InChI is InChI=1S/C24H24N4O3/c1-24(2,3)30-23(29)28-15-7-10-20(28)22-26-21(27-31-22)19-14-13-18(16-25-19)12-11-17-8-5-4-6-9-17/h4-6,8-9,13-14,16,20H,7,10,15H2,1-3H3. The molecule has 158 valence electrons. The van der Waals surface area contributed by atoms with Crippen LogP contribution in [-0.2, 0) is 4.74 Å². The van der Waals surface area contributed by atoms with Gasteiger partial charge in [0.1, 0.15) is 17.3 Å². The molecule has 0 spiro atoms. The van der Waals surface area contributed by atoms with Gasteiger partial charge >= 0.3 is 6.09 Å². The number of amides is 1. The summed E-state index contributed by atoms with van der Waals surface area (Å²) in [5.74, 6) is 6.97. The minimum atomic E-state index is -0.556. The monoisotopic (exact) mass is 416 g/mol. The van der Waals surface area contributed by atoms with Crippen molar-refractivity contribution in [3.05, 3.63) is 65.7 Å². The van der Waals surface area contributed by atoms with Gasteiger partial charge in [0.15, 0.2) is 0 Å². The zero-order valence-corrected chi connectivity index (χ0v) is 17.8. The second kappa shape index (κ2) is 8.60. The molecule has 2 aromatic heterocycles. The number of aromatic nitrogens is 3. The lowest BCUT2D eigenvalue weighted by Crippen LogP contribution is -2.36. The van der Waals surface area contributed by atoms with Crippen LogP contribution in [0.2, 0.25) is 0 Å². The van der Waals surface area contributed by atoms with Crippen LogP contribution in [0.25, 0.3) is 11.5 Å². The molecule has 1 aliphatic rings. The lowest BCUT2D eigenvalue weighted by Gasteiger charge is -2.26. The third-order valence-corrected chi connectivity index (χ3v) is 4.73. The molecule has 0 radical (unpaired) electrons. The SMILES string of the molecule is CC(C)(C)OC(=O)N1CCCC1c1nc(-c2ccc(C#Cc3ccccc3)cn2)no1. The van der Waals surface area contributed by atoms with Gasteiger partial charge in [-0.3, -0.25) is 9.88 Å². The van der Waals surface area contributed by atoms with Gasteiger partial charge in [-0.05, 0) is 57.9 Å². The third kappa shape index (κ3) is 5.10. The average molecular weight is 416 g/mol. The summed E-state index contributed by atoms with van der Waals surface area (Å²) in [6, 6.07) is 13.2. The summed E-state index contributed by atoms with van der Waals surface area (Å²) >= 11 is 0. The topological polar surface area (TPSA) is 81.4 Å². The Kier molecular flexibility index (Phi) is 5.72. The van der Waals surface area contributed by atoms with Crippen molar-refractivity contribution < 1.29 is 14.1 Å². The van der Waals surface area contributed by atoms with E-state index >= 15 is 0 Å². The summed E-state index contributed by atoms with van der Waals surface area (Å²) in [5, 5.41) is 4.06. The number of carbonyl (C=O) groups is 1. The molecule has 1 unspecified atom stereocenters. The van der Waals surface area contributed by atoms with Crippen molar-refractivity contribution in [1.82, 2.24) is 20.0 Å². The Balaban J connectivity index is 1.47. The van der Waals surface area contributed by atoms with Crippen LogP contribution >= 0.6 is 0 Å². The molecule has 1 amide bonds. The van der Waals surface area contributed by atoms with Gasteiger partial charge in [0.2, 0.25) is 11.7 Å². The zero-order valence-electron chi connectivity index (χ0n) is 17.8. The number of pyridine rings is 1. The molecule has 0 bridgehead atoms. The van der Waals surface area contributed by atoms with E-state index in [1.165, 1.54) is 0 Å². The fourth-order valence-electron chi connectivity index (χ4n) is 3.30. The molecule has 1 fully saturated rings. The van der Waals surface area contributed by atoms with Crippen molar-refractivity contribution in [3.8, 4) is 23.4 Å². The summed E-state index contributed by atoms with van der Waals surface area (Å²) in [7, 11) is 0. The van der Waals surface area contributed by atoms with Gasteiger partial charge in [-0.15, -0.1) is 0 Å². The fraction of sp³-hybridized carbons (Fsp3) is 0.333. The van der Waals surface area contributed by atoms with Crippen LogP contribution in [0.15, 0.2) is 53.2 Å². The van der Waals surface area contributed by atoms with Crippen molar-refractivity contribution >= 4 is 6.09 Å². The summed E-state index contributed by atoms with van der Waals surface area (Å²) < 4.78 is 11.0. The quantitative estimate of drug-likeness (QED) is 0.568. The number of benzene rings is 1. The molecule has 7 heteroatoms. The van der Waals surface area contributed by atoms with Crippen molar-refractivity contribution in [1.29, 1.82) is 0 Å². The van der Waals surface area contributed by atoms with Gasteiger partial charge in [-0.1, -0.05) is 35.2 Å². The van der Waals surface area contributed by atoms with E-state index in [0.717, 1.165) is 24.0 Å². The number of hydrogen-bond donors (Lipinski definition) is 0. The molecule has 1 aromatic carbocycles. The van der Waals surface area contributed by atoms with E-state index in [0.29, 0.717) is 24.0 Å². The maximum atomic E-state index is 12.5. The summed E-state index contributed by atoms with van der Waals surface area (Å²) in [4.78, 5) is 23.1. The molecule has 1 atom stereocenters. The van der Waals surface area contributed by atoms with Gasteiger partial charge in [-0.25, -0.2) is 4.79 Å². The molecule has 3 heterocycles. The van der Waals surface area contributed by atoms with Crippen molar-refractivity contribution in [3.63, 3.8) is 0 Å². The van der Waals surface area contributed by atoms with Gasteiger partial charge in [0.25, 0.3) is 0 Å². The van der Waals surface area contributed by atoms with Crippen LogP contribution in [0, 0.1) is 11.8 Å². The fourth-order valence-corrected chi connectivity index (χ4v) is 3.30. The normalized spacial score (nSPS) is 16.0. The van der Waals surface area contributed by atoms with E-state index in [-0.39, 0.29) is 12.1 Å². The largest absolute Gasteiger partial charge is 0.444 e. The molecule has 7 nitrogen and oxygen atoms in total. The molecular weight excluding hydrogens is 392 g/mol. The molecule has 0 N–H and O–H groups in total. The van der Waals surface area contributed by atoms with Crippen molar-refractivity contribution in [2.45, 2.75) is 45.3 Å². The predicted molar refractivity (Wildman–Crippen MR) is 115 cm³/mol. The van der Waals surface area contributed by atoms with Crippen molar-refractivity contribution in [2.24, 2.45) is 0 Å². The molecule has 31 heavy (non-hydrogen) atoms. The molecule has 1 aliphatic heterocycles. The molecule has 0 aliphatic carbocycles. The number of likely N-dealkylation sites (tertiary alicyclic amines) is 1. The smallest absolute Gasteiger partial charge is 0.410 e. The zero-order chi connectivity index (χ0) is 21.8. The Morgan fingerprint density at radius 2 is 1.90 bits per heavy atom. The Morgan fingerprint density at radius 1 is 1.13 bits per heavy atom. The summed E-state index contributed by atoms with van der Waals surface area (Å²) in [5.41, 5.74) is 1.77. The molecule has 0 saturated carbocycles. The number of carbonyl (C=O) groups excluding carboxylic acids is 1. The van der Waals surface area contributed by atoms with E-state index in [2.05, 4.69) is 27.0 Å². The highest BCUT2D eigenvalue weighted by atomic mass is 16.6. The predicted octanol–water partition coefficient (Wildman–Crippen LogP) is 4.60. The van der Waals surface area contributed by atoms with Crippen LogP contribution in [-0.4, -0.2) is 38.3 Å².